The van der Waals surface area contributed by atoms with E-state index in [1.54, 1.807) is 7.11 Å². The normalized spacial score (nSPS) is 9.55. The fourth-order valence-electron chi connectivity index (χ4n) is 1.74. The van der Waals surface area contributed by atoms with E-state index < -0.39 is 4.92 Å². The molecular formula is C13H14N4O3. The van der Waals surface area contributed by atoms with Crippen LogP contribution in [0.25, 0.3) is 0 Å². The number of non-ortho nitro benzene ring substituents is 1. The summed E-state index contributed by atoms with van der Waals surface area (Å²) in [6.07, 6.45) is 0.297. The zero-order chi connectivity index (χ0) is 15.0. The van der Waals surface area contributed by atoms with Gasteiger partial charge in [0.2, 0.25) is 0 Å². The molecular weight excluding hydrogens is 260 g/mol. The zero-order valence-electron chi connectivity index (χ0n) is 11.1. The van der Waals surface area contributed by atoms with Crippen LogP contribution in [0.2, 0.25) is 0 Å². The summed E-state index contributed by atoms with van der Waals surface area (Å²) < 4.78 is 4.99. The van der Waals surface area contributed by atoms with Gasteiger partial charge in [-0.25, -0.2) is 0 Å². The van der Waals surface area contributed by atoms with E-state index in [1.807, 2.05) is 17.0 Å². The number of methoxy groups -OCH3 is 1. The predicted octanol–water partition coefficient (Wildman–Crippen LogP) is 1.83. The van der Waals surface area contributed by atoms with Crippen molar-refractivity contribution in [3.63, 3.8) is 0 Å². The highest BCUT2D eigenvalue weighted by Crippen LogP contribution is 2.25. The third-order valence-electron chi connectivity index (χ3n) is 2.71. The smallest absolute Gasteiger partial charge is 0.270 e. The van der Waals surface area contributed by atoms with Gasteiger partial charge in [-0.3, -0.25) is 10.1 Å². The summed E-state index contributed by atoms with van der Waals surface area (Å²) in [5.41, 5.74) is 0.663. The number of nitriles is 2. The second-order valence-corrected chi connectivity index (χ2v) is 3.96. The molecule has 0 aliphatic carbocycles. The van der Waals surface area contributed by atoms with Gasteiger partial charge in [0.25, 0.3) is 5.69 Å². The van der Waals surface area contributed by atoms with Gasteiger partial charge in [0.1, 0.15) is 6.07 Å². The highest BCUT2D eigenvalue weighted by Gasteiger charge is 2.15. The highest BCUT2D eigenvalue weighted by atomic mass is 16.6. The minimum atomic E-state index is -0.542. The van der Waals surface area contributed by atoms with Crippen LogP contribution >= 0.6 is 0 Å². The Kier molecular flexibility index (Phi) is 5.95. The molecule has 0 unspecified atom stereocenters. The second-order valence-electron chi connectivity index (χ2n) is 3.96. The standard InChI is InChI=1S/C13H14N4O3/c1-20-8-7-16(6-2-5-14)13-4-3-12(17(18)19)9-11(13)10-15/h3-4,9H,2,6-8H2,1H3. The Bertz CT molecular complexity index is 560. The molecule has 0 aliphatic rings. The van der Waals surface area contributed by atoms with Crippen molar-refractivity contribution >= 4 is 11.4 Å². The molecule has 0 radical (unpaired) electrons. The Hall–Kier alpha value is -2.64. The summed E-state index contributed by atoms with van der Waals surface area (Å²) in [4.78, 5) is 12.0. The van der Waals surface area contributed by atoms with Gasteiger partial charge in [0.15, 0.2) is 0 Å². The minimum absolute atomic E-state index is 0.128. The Balaban J connectivity index is 3.09. The van der Waals surface area contributed by atoms with E-state index in [2.05, 4.69) is 0 Å². The van der Waals surface area contributed by atoms with E-state index in [1.165, 1.54) is 18.2 Å². The lowest BCUT2D eigenvalue weighted by molar-refractivity contribution is -0.384. The maximum atomic E-state index is 10.7. The van der Waals surface area contributed by atoms with Crippen molar-refractivity contribution in [3.05, 3.63) is 33.9 Å². The molecule has 0 N–H and O–H groups in total. The summed E-state index contributed by atoms with van der Waals surface area (Å²) in [6, 6.07) is 8.11. The van der Waals surface area contributed by atoms with Gasteiger partial charge in [-0.1, -0.05) is 0 Å². The Morgan fingerprint density at radius 2 is 2.15 bits per heavy atom. The monoisotopic (exact) mass is 274 g/mol. The lowest BCUT2D eigenvalue weighted by atomic mass is 10.1. The summed E-state index contributed by atoms with van der Waals surface area (Å²) in [5, 5.41) is 28.5. The van der Waals surface area contributed by atoms with Crippen LogP contribution in [0.5, 0.6) is 0 Å². The van der Waals surface area contributed by atoms with E-state index in [9.17, 15) is 10.1 Å². The van der Waals surface area contributed by atoms with Crippen LogP contribution < -0.4 is 4.90 Å². The van der Waals surface area contributed by atoms with Crippen molar-refractivity contribution in [2.75, 3.05) is 31.7 Å². The molecule has 7 nitrogen and oxygen atoms in total. The molecule has 104 valence electrons. The van der Waals surface area contributed by atoms with Gasteiger partial charge >= 0.3 is 0 Å². The SMILES string of the molecule is COCCN(CCC#N)c1ccc([N+](=O)[O-])cc1C#N. The molecule has 0 fully saturated rings. The molecule has 0 bridgehead atoms. The molecule has 1 aromatic rings. The maximum absolute atomic E-state index is 10.7. The summed E-state index contributed by atoms with van der Waals surface area (Å²) in [7, 11) is 1.56. The second kappa shape index (κ2) is 7.72. The number of nitro benzene ring substituents is 1. The third-order valence-corrected chi connectivity index (χ3v) is 2.71. The molecule has 0 atom stereocenters. The van der Waals surface area contributed by atoms with E-state index in [0.717, 1.165) is 0 Å². The van der Waals surface area contributed by atoms with E-state index in [4.69, 9.17) is 15.3 Å². The van der Waals surface area contributed by atoms with E-state index in [-0.39, 0.29) is 11.3 Å². The highest BCUT2D eigenvalue weighted by molar-refractivity contribution is 5.63. The number of nitro groups is 1. The lowest BCUT2D eigenvalue weighted by Gasteiger charge is -2.24. The number of hydrogen-bond acceptors (Lipinski definition) is 6. The van der Waals surface area contributed by atoms with Gasteiger partial charge in [0, 0.05) is 32.3 Å². The molecule has 0 spiro atoms. The third kappa shape index (κ3) is 3.94. The molecule has 0 aliphatic heterocycles. The molecule has 0 amide bonds. The molecule has 20 heavy (non-hydrogen) atoms. The van der Waals surface area contributed by atoms with E-state index in [0.29, 0.717) is 31.8 Å². The molecule has 0 saturated carbocycles. The fourth-order valence-corrected chi connectivity index (χ4v) is 1.74. The first-order chi connectivity index (χ1) is 9.63. The van der Waals surface area contributed by atoms with Crippen molar-refractivity contribution in [3.8, 4) is 12.1 Å². The molecule has 0 heterocycles. The van der Waals surface area contributed by atoms with E-state index >= 15 is 0 Å². The van der Waals surface area contributed by atoms with Crippen molar-refractivity contribution in [1.29, 1.82) is 10.5 Å². The first-order valence-corrected chi connectivity index (χ1v) is 5.93. The summed E-state index contributed by atoms with van der Waals surface area (Å²) in [5.74, 6) is 0. The average molecular weight is 274 g/mol. The van der Waals surface area contributed by atoms with Crippen LogP contribution in [0.4, 0.5) is 11.4 Å². The van der Waals surface area contributed by atoms with Crippen LogP contribution in [0.1, 0.15) is 12.0 Å². The van der Waals surface area contributed by atoms with Crippen LogP contribution in [0.15, 0.2) is 18.2 Å². The lowest BCUT2D eigenvalue weighted by Crippen LogP contribution is -2.28. The number of benzene rings is 1. The van der Waals surface area contributed by atoms with Crippen molar-refractivity contribution in [2.24, 2.45) is 0 Å². The van der Waals surface area contributed by atoms with Gasteiger partial charge in [0.05, 0.1) is 35.3 Å². The fraction of sp³-hybridized carbons (Fsp3) is 0.385. The van der Waals surface area contributed by atoms with Crippen LogP contribution in [-0.2, 0) is 4.74 Å². The molecule has 1 rings (SSSR count). The van der Waals surface area contributed by atoms with Gasteiger partial charge in [-0.15, -0.1) is 0 Å². The Labute approximate surface area is 116 Å². The minimum Gasteiger partial charge on any atom is -0.383 e. The number of nitrogens with zero attached hydrogens (tertiary/aromatic N) is 4. The molecule has 0 saturated heterocycles. The molecule has 0 aromatic heterocycles. The van der Waals surface area contributed by atoms with Crippen LogP contribution in [0, 0.1) is 32.8 Å². The maximum Gasteiger partial charge on any atom is 0.270 e. The average Bonchev–Trinajstić information content (AvgIpc) is 2.47. The molecule has 7 heteroatoms. The first kappa shape index (κ1) is 15.4. The predicted molar refractivity (Wildman–Crippen MR) is 72.1 cm³/mol. The van der Waals surface area contributed by atoms with Crippen molar-refractivity contribution in [1.82, 2.24) is 0 Å². The Morgan fingerprint density at radius 3 is 2.70 bits per heavy atom. The van der Waals surface area contributed by atoms with Gasteiger partial charge in [-0.05, 0) is 6.07 Å². The van der Waals surface area contributed by atoms with Gasteiger partial charge in [-0.2, -0.15) is 10.5 Å². The Morgan fingerprint density at radius 1 is 1.40 bits per heavy atom. The number of rotatable bonds is 7. The quantitative estimate of drug-likeness (QED) is 0.555. The van der Waals surface area contributed by atoms with Crippen molar-refractivity contribution < 1.29 is 9.66 Å². The first-order valence-electron chi connectivity index (χ1n) is 5.93. The number of anilines is 1. The summed E-state index contributed by atoms with van der Waals surface area (Å²) in [6.45, 7) is 1.38. The zero-order valence-corrected chi connectivity index (χ0v) is 11.1. The van der Waals surface area contributed by atoms with Crippen molar-refractivity contribution in [2.45, 2.75) is 6.42 Å². The number of ether oxygens (including phenoxy) is 1. The van der Waals surface area contributed by atoms with Crippen LogP contribution in [0.3, 0.4) is 0 Å². The largest absolute Gasteiger partial charge is 0.383 e. The van der Waals surface area contributed by atoms with Gasteiger partial charge < -0.3 is 9.64 Å². The van der Waals surface area contributed by atoms with Crippen LogP contribution in [-0.4, -0.2) is 31.7 Å². The topological polar surface area (TPSA) is 103 Å². The molecule has 1 aromatic carbocycles. The number of hydrogen-bond donors (Lipinski definition) is 0. The summed E-state index contributed by atoms with van der Waals surface area (Å²) >= 11 is 0.